The highest BCUT2D eigenvalue weighted by atomic mass is 16.5. The Labute approximate surface area is 136 Å². The molecule has 0 bridgehead atoms. The molecular formula is C19H22N2O2. The number of urea groups is 1. The first-order valence-electron chi connectivity index (χ1n) is 7.92. The van der Waals surface area contributed by atoms with Crippen LogP contribution in [-0.4, -0.2) is 19.7 Å². The monoisotopic (exact) mass is 310 g/mol. The Morgan fingerprint density at radius 1 is 1.04 bits per heavy atom. The van der Waals surface area contributed by atoms with Crippen LogP contribution in [0.4, 0.5) is 4.79 Å². The summed E-state index contributed by atoms with van der Waals surface area (Å²) in [5.41, 5.74) is 2.46. The van der Waals surface area contributed by atoms with E-state index in [2.05, 4.69) is 22.8 Å². The summed E-state index contributed by atoms with van der Waals surface area (Å²) in [5.74, 6) is 0.859. The van der Waals surface area contributed by atoms with Gasteiger partial charge >= 0.3 is 6.03 Å². The van der Waals surface area contributed by atoms with Gasteiger partial charge in [-0.15, -0.1) is 0 Å². The Morgan fingerprint density at radius 3 is 2.35 bits per heavy atom. The summed E-state index contributed by atoms with van der Waals surface area (Å²) in [4.78, 5) is 12.0. The van der Waals surface area contributed by atoms with Gasteiger partial charge < -0.3 is 15.4 Å². The minimum atomic E-state index is -0.117. The standard InChI is InChI=1S/C19H22N2O2/c1-23-17-9-7-16(8-10-17)19(11-12-19)14-21-18(22)20-13-15-5-3-2-4-6-15/h2-10H,11-14H2,1H3,(H2,20,21,22). The molecule has 2 aromatic rings. The number of hydrogen-bond donors (Lipinski definition) is 2. The van der Waals surface area contributed by atoms with Crippen LogP contribution in [0, 0.1) is 0 Å². The third kappa shape index (κ3) is 3.83. The molecule has 1 saturated carbocycles. The molecule has 1 aliphatic carbocycles. The van der Waals surface area contributed by atoms with Crippen molar-refractivity contribution < 1.29 is 9.53 Å². The predicted octanol–water partition coefficient (Wildman–Crippen LogP) is 3.23. The lowest BCUT2D eigenvalue weighted by Crippen LogP contribution is -2.39. The molecule has 1 fully saturated rings. The van der Waals surface area contributed by atoms with Crippen LogP contribution in [0.2, 0.25) is 0 Å². The van der Waals surface area contributed by atoms with Gasteiger partial charge in [-0.3, -0.25) is 0 Å². The zero-order valence-electron chi connectivity index (χ0n) is 13.3. The normalized spacial score (nSPS) is 14.8. The van der Waals surface area contributed by atoms with E-state index in [1.165, 1.54) is 5.56 Å². The van der Waals surface area contributed by atoms with Gasteiger partial charge in [0.15, 0.2) is 0 Å². The van der Waals surface area contributed by atoms with Crippen LogP contribution in [0.25, 0.3) is 0 Å². The number of methoxy groups -OCH3 is 1. The smallest absolute Gasteiger partial charge is 0.315 e. The van der Waals surface area contributed by atoms with Gasteiger partial charge in [0.1, 0.15) is 5.75 Å². The Hall–Kier alpha value is -2.49. The van der Waals surface area contributed by atoms with Crippen LogP contribution in [0.15, 0.2) is 54.6 Å². The second-order valence-corrected chi connectivity index (χ2v) is 6.03. The summed E-state index contributed by atoms with van der Waals surface area (Å²) in [6, 6.07) is 17.9. The van der Waals surface area contributed by atoms with E-state index in [-0.39, 0.29) is 11.4 Å². The molecule has 2 N–H and O–H groups in total. The van der Waals surface area contributed by atoms with E-state index >= 15 is 0 Å². The lowest BCUT2D eigenvalue weighted by atomic mass is 9.96. The van der Waals surface area contributed by atoms with E-state index in [0.29, 0.717) is 13.1 Å². The summed E-state index contributed by atoms with van der Waals surface area (Å²) in [7, 11) is 1.67. The Morgan fingerprint density at radius 2 is 1.74 bits per heavy atom. The first-order chi connectivity index (χ1) is 11.2. The number of carbonyl (C=O) groups is 1. The molecule has 0 unspecified atom stereocenters. The van der Waals surface area contributed by atoms with E-state index < -0.39 is 0 Å². The fourth-order valence-corrected chi connectivity index (χ4v) is 2.75. The molecule has 3 rings (SSSR count). The molecule has 23 heavy (non-hydrogen) atoms. The number of benzene rings is 2. The Bertz CT molecular complexity index is 649. The van der Waals surface area contributed by atoms with Gasteiger partial charge in [-0.05, 0) is 36.1 Å². The van der Waals surface area contributed by atoms with E-state index in [4.69, 9.17) is 4.74 Å². The van der Waals surface area contributed by atoms with Gasteiger partial charge in [-0.25, -0.2) is 4.79 Å². The SMILES string of the molecule is COc1ccc(C2(CNC(=O)NCc3ccccc3)CC2)cc1. The number of rotatable bonds is 6. The van der Waals surface area contributed by atoms with Crippen LogP contribution < -0.4 is 15.4 Å². The topological polar surface area (TPSA) is 50.4 Å². The zero-order valence-corrected chi connectivity index (χ0v) is 13.3. The van der Waals surface area contributed by atoms with Crippen molar-refractivity contribution in [1.29, 1.82) is 0 Å². The molecule has 0 saturated heterocycles. The molecule has 0 aliphatic heterocycles. The van der Waals surface area contributed by atoms with Crippen molar-refractivity contribution in [3.8, 4) is 5.75 Å². The lowest BCUT2D eigenvalue weighted by molar-refractivity contribution is 0.239. The van der Waals surface area contributed by atoms with Crippen molar-refractivity contribution in [2.45, 2.75) is 24.8 Å². The quantitative estimate of drug-likeness (QED) is 0.860. The molecular weight excluding hydrogens is 288 g/mol. The molecule has 120 valence electrons. The maximum absolute atomic E-state index is 12.0. The molecule has 2 aromatic carbocycles. The minimum Gasteiger partial charge on any atom is -0.497 e. The predicted molar refractivity (Wildman–Crippen MR) is 90.6 cm³/mol. The van der Waals surface area contributed by atoms with Crippen molar-refractivity contribution in [3.05, 3.63) is 65.7 Å². The van der Waals surface area contributed by atoms with Crippen LogP contribution in [0.3, 0.4) is 0 Å². The molecule has 0 heterocycles. The van der Waals surface area contributed by atoms with Crippen molar-refractivity contribution in [3.63, 3.8) is 0 Å². The lowest BCUT2D eigenvalue weighted by Gasteiger charge is -2.17. The van der Waals surface area contributed by atoms with Gasteiger partial charge in [0.2, 0.25) is 0 Å². The molecule has 4 nitrogen and oxygen atoms in total. The summed E-state index contributed by atoms with van der Waals surface area (Å²) in [6.07, 6.45) is 2.22. The van der Waals surface area contributed by atoms with Gasteiger partial charge in [-0.2, -0.15) is 0 Å². The first-order valence-corrected chi connectivity index (χ1v) is 7.92. The van der Waals surface area contributed by atoms with Gasteiger partial charge in [0.05, 0.1) is 7.11 Å². The number of amides is 2. The Kier molecular flexibility index (Phi) is 4.51. The molecule has 4 heteroatoms. The molecule has 0 atom stereocenters. The number of nitrogens with one attached hydrogen (secondary N) is 2. The van der Waals surface area contributed by atoms with Crippen LogP contribution in [-0.2, 0) is 12.0 Å². The average molecular weight is 310 g/mol. The summed E-state index contributed by atoms with van der Waals surface area (Å²) < 4.78 is 5.19. The van der Waals surface area contributed by atoms with E-state index in [9.17, 15) is 4.79 Å². The number of hydrogen-bond acceptors (Lipinski definition) is 2. The molecule has 0 radical (unpaired) electrons. The maximum atomic E-state index is 12.0. The maximum Gasteiger partial charge on any atom is 0.315 e. The van der Waals surface area contributed by atoms with Crippen molar-refractivity contribution >= 4 is 6.03 Å². The van der Waals surface area contributed by atoms with Crippen molar-refractivity contribution in [2.24, 2.45) is 0 Å². The van der Waals surface area contributed by atoms with Gasteiger partial charge in [0, 0.05) is 18.5 Å². The third-order valence-electron chi connectivity index (χ3n) is 4.44. The molecule has 2 amide bonds. The summed E-state index contributed by atoms with van der Waals surface area (Å²) in [5, 5.41) is 5.90. The first kappa shape index (κ1) is 15.4. The number of ether oxygens (including phenoxy) is 1. The van der Waals surface area contributed by atoms with E-state index in [1.54, 1.807) is 7.11 Å². The minimum absolute atomic E-state index is 0.0936. The highest BCUT2D eigenvalue weighted by molar-refractivity contribution is 5.74. The van der Waals surface area contributed by atoms with E-state index in [0.717, 1.165) is 24.2 Å². The summed E-state index contributed by atoms with van der Waals surface area (Å²) >= 11 is 0. The van der Waals surface area contributed by atoms with Crippen molar-refractivity contribution in [2.75, 3.05) is 13.7 Å². The summed E-state index contributed by atoms with van der Waals surface area (Å²) in [6.45, 7) is 1.21. The number of carbonyl (C=O) groups excluding carboxylic acids is 1. The molecule has 1 aliphatic rings. The van der Waals surface area contributed by atoms with Crippen LogP contribution in [0.1, 0.15) is 24.0 Å². The van der Waals surface area contributed by atoms with Gasteiger partial charge in [-0.1, -0.05) is 42.5 Å². The third-order valence-corrected chi connectivity index (χ3v) is 4.44. The second kappa shape index (κ2) is 6.73. The van der Waals surface area contributed by atoms with Crippen LogP contribution >= 0.6 is 0 Å². The van der Waals surface area contributed by atoms with E-state index in [1.807, 2.05) is 42.5 Å². The van der Waals surface area contributed by atoms with Gasteiger partial charge in [0.25, 0.3) is 0 Å². The second-order valence-electron chi connectivity index (χ2n) is 6.03. The molecule has 0 spiro atoms. The van der Waals surface area contributed by atoms with Crippen LogP contribution in [0.5, 0.6) is 5.75 Å². The fourth-order valence-electron chi connectivity index (χ4n) is 2.75. The Balaban J connectivity index is 1.50. The zero-order chi connectivity index (χ0) is 16.1. The fraction of sp³-hybridized carbons (Fsp3) is 0.316. The highest BCUT2D eigenvalue weighted by Crippen LogP contribution is 2.47. The highest BCUT2D eigenvalue weighted by Gasteiger charge is 2.44. The largest absolute Gasteiger partial charge is 0.497 e. The van der Waals surface area contributed by atoms with Crippen molar-refractivity contribution in [1.82, 2.24) is 10.6 Å². The molecule has 0 aromatic heterocycles. The average Bonchev–Trinajstić information content (AvgIpc) is 3.40.